The smallest absolute Gasteiger partial charge is 0.282 e. The molecule has 1 rings (SSSR count). The van der Waals surface area contributed by atoms with Crippen LogP contribution in [0.4, 0.5) is 0 Å². The monoisotopic (exact) mass is 200 g/mol. The van der Waals surface area contributed by atoms with E-state index in [-0.39, 0.29) is 11.4 Å². The average Bonchev–Trinajstić information content (AvgIpc) is 2.04. The SMILES string of the molecule is [NH]CCc1ccccc1S(=O)(=O)O. The van der Waals surface area contributed by atoms with Crippen LogP contribution in [0.3, 0.4) is 0 Å². The van der Waals surface area contributed by atoms with Crippen molar-refractivity contribution in [1.29, 1.82) is 0 Å². The summed E-state index contributed by atoms with van der Waals surface area (Å²) in [5, 5.41) is 0. The van der Waals surface area contributed by atoms with E-state index in [2.05, 4.69) is 0 Å². The molecular formula is C8H10NO3S. The van der Waals surface area contributed by atoms with Gasteiger partial charge in [-0.15, -0.1) is 0 Å². The predicted octanol–water partition coefficient (Wildman–Crippen LogP) is 0.759. The first-order valence-electron chi connectivity index (χ1n) is 3.75. The van der Waals surface area contributed by atoms with E-state index in [1.165, 1.54) is 12.1 Å². The summed E-state index contributed by atoms with van der Waals surface area (Å²) in [5.41, 5.74) is 7.45. The van der Waals surface area contributed by atoms with Crippen LogP contribution in [0, 0.1) is 0 Å². The number of benzene rings is 1. The van der Waals surface area contributed by atoms with Crippen LogP contribution in [-0.4, -0.2) is 19.5 Å². The van der Waals surface area contributed by atoms with Crippen molar-refractivity contribution in [3.63, 3.8) is 0 Å². The molecule has 0 unspecified atom stereocenters. The van der Waals surface area contributed by atoms with E-state index in [0.29, 0.717) is 12.0 Å². The van der Waals surface area contributed by atoms with Crippen molar-refractivity contribution in [2.24, 2.45) is 0 Å². The number of hydrogen-bond acceptors (Lipinski definition) is 2. The summed E-state index contributed by atoms with van der Waals surface area (Å²) >= 11 is 0. The Labute approximate surface area is 77.1 Å². The molecule has 1 aromatic rings. The Morgan fingerprint density at radius 2 is 1.92 bits per heavy atom. The zero-order valence-corrected chi connectivity index (χ0v) is 7.71. The van der Waals surface area contributed by atoms with Crippen LogP contribution < -0.4 is 5.73 Å². The normalized spacial score (nSPS) is 11.5. The Kier molecular flexibility index (Phi) is 3.02. The Hall–Kier alpha value is -0.910. The predicted molar refractivity (Wildman–Crippen MR) is 47.9 cm³/mol. The van der Waals surface area contributed by atoms with E-state index in [1.54, 1.807) is 12.1 Å². The molecule has 0 saturated carbocycles. The van der Waals surface area contributed by atoms with Gasteiger partial charge in [-0.25, -0.2) is 0 Å². The molecule has 0 heterocycles. The van der Waals surface area contributed by atoms with Gasteiger partial charge < -0.3 is 0 Å². The molecule has 1 radical (unpaired) electrons. The minimum atomic E-state index is -4.14. The third-order valence-electron chi connectivity index (χ3n) is 1.64. The summed E-state index contributed by atoms with van der Waals surface area (Å²) < 4.78 is 30.5. The summed E-state index contributed by atoms with van der Waals surface area (Å²) in [7, 11) is -4.14. The maximum atomic E-state index is 10.8. The van der Waals surface area contributed by atoms with Crippen LogP contribution in [0.1, 0.15) is 5.56 Å². The van der Waals surface area contributed by atoms with Crippen molar-refractivity contribution in [2.45, 2.75) is 11.3 Å². The van der Waals surface area contributed by atoms with Gasteiger partial charge in [-0.2, -0.15) is 8.42 Å². The molecule has 0 aromatic heterocycles. The largest absolute Gasteiger partial charge is 0.294 e. The minimum absolute atomic E-state index is 0.0951. The molecule has 0 aliphatic carbocycles. The first-order chi connectivity index (χ1) is 6.05. The van der Waals surface area contributed by atoms with E-state index < -0.39 is 10.1 Å². The Morgan fingerprint density at radius 1 is 1.31 bits per heavy atom. The zero-order valence-electron chi connectivity index (χ0n) is 6.90. The van der Waals surface area contributed by atoms with Gasteiger partial charge >= 0.3 is 0 Å². The van der Waals surface area contributed by atoms with Gasteiger partial charge in [0.05, 0.1) is 4.90 Å². The van der Waals surface area contributed by atoms with Crippen LogP contribution in [0.15, 0.2) is 29.2 Å². The van der Waals surface area contributed by atoms with Crippen LogP contribution in [0.2, 0.25) is 0 Å². The molecule has 0 fully saturated rings. The number of rotatable bonds is 3. The Bertz CT molecular complexity index is 386. The second-order valence-corrected chi connectivity index (χ2v) is 3.97. The van der Waals surface area contributed by atoms with Crippen molar-refractivity contribution in [3.8, 4) is 0 Å². The van der Waals surface area contributed by atoms with Gasteiger partial charge in [-0.3, -0.25) is 10.3 Å². The number of nitrogens with one attached hydrogen (secondary N) is 1. The summed E-state index contributed by atoms with van der Waals surface area (Å²) in [6.07, 6.45) is 0.329. The Balaban J connectivity index is 3.20. The molecule has 0 saturated heterocycles. The molecule has 0 aliphatic heterocycles. The molecule has 0 amide bonds. The second-order valence-electron chi connectivity index (χ2n) is 2.58. The topological polar surface area (TPSA) is 78.2 Å². The average molecular weight is 200 g/mol. The van der Waals surface area contributed by atoms with Crippen LogP contribution in [0.25, 0.3) is 0 Å². The van der Waals surface area contributed by atoms with Gasteiger partial charge in [0.25, 0.3) is 10.1 Å². The third-order valence-corrected chi connectivity index (χ3v) is 2.60. The fraction of sp³-hybridized carbons (Fsp3) is 0.250. The van der Waals surface area contributed by atoms with E-state index in [4.69, 9.17) is 10.3 Å². The van der Waals surface area contributed by atoms with Gasteiger partial charge in [-0.05, 0) is 18.1 Å². The molecule has 0 spiro atoms. The van der Waals surface area contributed by atoms with E-state index in [9.17, 15) is 8.42 Å². The lowest BCUT2D eigenvalue weighted by Gasteiger charge is -2.03. The van der Waals surface area contributed by atoms with Gasteiger partial charge in [-0.1, -0.05) is 18.2 Å². The van der Waals surface area contributed by atoms with E-state index in [1.807, 2.05) is 0 Å². The highest BCUT2D eigenvalue weighted by molar-refractivity contribution is 7.85. The lowest BCUT2D eigenvalue weighted by atomic mass is 10.1. The first-order valence-corrected chi connectivity index (χ1v) is 5.19. The van der Waals surface area contributed by atoms with Gasteiger partial charge in [0.1, 0.15) is 0 Å². The summed E-state index contributed by atoms with van der Waals surface area (Å²) in [6, 6.07) is 6.15. The molecule has 0 atom stereocenters. The summed E-state index contributed by atoms with van der Waals surface area (Å²) in [4.78, 5) is -0.0951. The van der Waals surface area contributed by atoms with E-state index >= 15 is 0 Å². The highest BCUT2D eigenvalue weighted by Gasteiger charge is 2.13. The molecule has 13 heavy (non-hydrogen) atoms. The van der Waals surface area contributed by atoms with Crippen molar-refractivity contribution < 1.29 is 13.0 Å². The summed E-state index contributed by atoms with van der Waals surface area (Å²) in [6.45, 7) is 0.104. The zero-order chi connectivity index (χ0) is 9.90. The van der Waals surface area contributed by atoms with Crippen LogP contribution >= 0.6 is 0 Å². The molecular weight excluding hydrogens is 190 g/mol. The second kappa shape index (κ2) is 3.87. The van der Waals surface area contributed by atoms with Crippen molar-refractivity contribution >= 4 is 10.1 Å². The van der Waals surface area contributed by atoms with Crippen LogP contribution in [0.5, 0.6) is 0 Å². The van der Waals surface area contributed by atoms with Crippen LogP contribution in [-0.2, 0) is 16.5 Å². The summed E-state index contributed by atoms with van der Waals surface area (Å²) in [5.74, 6) is 0. The molecule has 2 N–H and O–H groups in total. The molecule has 71 valence electrons. The highest BCUT2D eigenvalue weighted by atomic mass is 32.2. The third kappa shape index (κ3) is 2.51. The van der Waals surface area contributed by atoms with Gasteiger partial charge in [0, 0.05) is 6.54 Å². The first kappa shape index (κ1) is 10.2. The van der Waals surface area contributed by atoms with Gasteiger partial charge in [0.15, 0.2) is 0 Å². The van der Waals surface area contributed by atoms with E-state index in [0.717, 1.165) is 0 Å². The lowest BCUT2D eigenvalue weighted by Crippen LogP contribution is -2.04. The molecule has 1 aromatic carbocycles. The maximum absolute atomic E-state index is 10.8. The maximum Gasteiger partial charge on any atom is 0.294 e. The van der Waals surface area contributed by atoms with Gasteiger partial charge in [0.2, 0.25) is 0 Å². The molecule has 0 aliphatic rings. The quantitative estimate of drug-likeness (QED) is 0.731. The number of hydrogen-bond donors (Lipinski definition) is 1. The fourth-order valence-electron chi connectivity index (χ4n) is 1.10. The van der Waals surface area contributed by atoms with Crippen molar-refractivity contribution in [1.82, 2.24) is 5.73 Å². The molecule has 0 bridgehead atoms. The standard InChI is InChI=1S/C8H10NO3S/c9-6-5-7-3-1-2-4-8(7)13(10,11)12/h1-4,9H,5-6H2,(H,10,11,12). The molecule has 5 heteroatoms. The molecule has 4 nitrogen and oxygen atoms in total. The van der Waals surface area contributed by atoms with Crippen molar-refractivity contribution in [3.05, 3.63) is 29.8 Å². The highest BCUT2D eigenvalue weighted by Crippen LogP contribution is 2.14. The minimum Gasteiger partial charge on any atom is -0.282 e. The van der Waals surface area contributed by atoms with Crippen molar-refractivity contribution in [2.75, 3.05) is 6.54 Å². The lowest BCUT2D eigenvalue weighted by molar-refractivity contribution is 0.482. The Morgan fingerprint density at radius 3 is 2.46 bits per heavy atom. The fourth-order valence-corrected chi connectivity index (χ4v) is 1.85.